The summed E-state index contributed by atoms with van der Waals surface area (Å²) in [4.78, 5) is 17.4. The maximum absolute atomic E-state index is 13.2. The SMILES string of the molecule is O=C(c1ccncc1)n1nc(-c2ccc(NS(=O)(=O)c3ccccc3)cc2)cc1-c1ccc(O)cc1. The Hall–Kier alpha value is -4.76. The monoisotopic (exact) mass is 496 g/mol. The van der Waals surface area contributed by atoms with Crippen molar-refractivity contribution >= 4 is 21.6 Å². The molecule has 0 aliphatic rings. The van der Waals surface area contributed by atoms with E-state index < -0.39 is 10.0 Å². The molecule has 3 aromatic carbocycles. The molecule has 0 atom stereocenters. The van der Waals surface area contributed by atoms with Gasteiger partial charge in [0.25, 0.3) is 15.9 Å². The van der Waals surface area contributed by atoms with Crippen LogP contribution in [0.15, 0.2) is 114 Å². The highest BCUT2D eigenvalue weighted by atomic mass is 32.2. The zero-order chi connectivity index (χ0) is 25.1. The van der Waals surface area contributed by atoms with E-state index in [1.807, 2.05) is 0 Å². The van der Waals surface area contributed by atoms with Crippen molar-refractivity contribution in [3.05, 3.63) is 115 Å². The zero-order valence-corrected chi connectivity index (χ0v) is 19.6. The van der Waals surface area contributed by atoms with Crippen LogP contribution in [0.5, 0.6) is 5.75 Å². The average molecular weight is 497 g/mol. The predicted octanol–water partition coefficient (Wildman–Crippen LogP) is 4.81. The molecular weight excluding hydrogens is 476 g/mol. The summed E-state index contributed by atoms with van der Waals surface area (Å²) in [6, 6.07) is 26.3. The Morgan fingerprint density at radius 2 is 1.44 bits per heavy atom. The number of pyridine rings is 1. The van der Waals surface area contributed by atoms with Crippen LogP contribution in [0.4, 0.5) is 5.69 Å². The van der Waals surface area contributed by atoms with Gasteiger partial charge in [-0.15, -0.1) is 0 Å². The van der Waals surface area contributed by atoms with Gasteiger partial charge in [-0.2, -0.15) is 9.78 Å². The minimum atomic E-state index is -3.71. The predicted molar refractivity (Wildman–Crippen MR) is 136 cm³/mol. The van der Waals surface area contributed by atoms with Crippen LogP contribution in [0.1, 0.15) is 10.4 Å². The van der Waals surface area contributed by atoms with Crippen molar-refractivity contribution in [1.82, 2.24) is 14.8 Å². The molecule has 2 heterocycles. The third kappa shape index (κ3) is 4.73. The highest BCUT2D eigenvalue weighted by molar-refractivity contribution is 7.92. The van der Waals surface area contributed by atoms with Crippen LogP contribution in [0.2, 0.25) is 0 Å². The second kappa shape index (κ2) is 9.47. The molecule has 36 heavy (non-hydrogen) atoms. The molecule has 0 fully saturated rings. The standard InChI is InChI=1S/C27H20N4O4S/c32-23-12-8-20(9-13-23)26-18-25(29-31(26)27(33)21-14-16-28-17-15-21)19-6-10-22(11-7-19)30-36(34,35)24-4-2-1-3-5-24/h1-18,30,32H. The summed E-state index contributed by atoms with van der Waals surface area (Å²) in [6.07, 6.45) is 3.07. The molecular formula is C27H20N4O4S. The molecule has 0 radical (unpaired) electrons. The third-order valence-electron chi connectivity index (χ3n) is 5.48. The molecule has 2 aromatic heterocycles. The molecule has 0 bridgehead atoms. The van der Waals surface area contributed by atoms with Crippen molar-refractivity contribution < 1.29 is 18.3 Å². The lowest BCUT2D eigenvalue weighted by Gasteiger charge is -2.08. The van der Waals surface area contributed by atoms with Crippen molar-refractivity contribution in [3.63, 3.8) is 0 Å². The van der Waals surface area contributed by atoms with E-state index in [9.17, 15) is 18.3 Å². The van der Waals surface area contributed by atoms with E-state index in [0.29, 0.717) is 33.8 Å². The van der Waals surface area contributed by atoms with Crippen molar-refractivity contribution in [2.24, 2.45) is 0 Å². The summed E-state index contributed by atoms with van der Waals surface area (Å²) in [5, 5.41) is 14.2. The molecule has 5 rings (SSSR count). The van der Waals surface area contributed by atoms with Crippen molar-refractivity contribution in [3.8, 4) is 28.3 Å². The van der Waals surface area contributed by atoms with Gasteiger partial charge in [0, 0.05) is 34.8 Å². The Kier molecular flexibility index (Phi) is 6.05. The molecule has 178 valence electrons. The number of hydrogen-bond acceptors (Lipinski definition) is 6. The highest BCUT2D eigenvalue weighted by Crippen LogP contribution is 2.29. The molecule has 0 unspecified atom stereocenters. The van der Waals surface area contributed by atoms with Crippen LogP contribution in [0.25, 0.3) is 22.5 Å². The number of aromatic hydroxyl groups is 1. The summed E-state index contributed by atoms with van der Waals surface area (Å²) >= 11 is 0. The smallest absolute Gasteiger partial charge is 0.278 e. The van der Waals surface area contributed by atoms with E-state index in [1.165, 1.54) is 41.3 Å². The number of sulfonamides is 1. The number of aromatic nitrogens is 3. The largest absolute Gasteiger partial charge is 0.508 e. The normalized spacial score (nSPS) is 11.2. The van der Waals surface area contributed by atoms with Crippen molar-refractivity contribution in [2.75, 3.05) is 4.72 Å². The van der Waals surface area contributed by atoms with Gasteiger partial charge in [-0.1, -0.05) is 30.3 Å². The zero-order valence-electron chi connectivity index (χ0n) is 18.8. The molecule has 0 aliphatic carbocycles. The second-order valence-corrected chi connectivity index (χ2v) is 9.59. The molecule has 2 N–H and O–H groups in total. The van der Waals surface area contributed by atoms with E-state index in [1.54, 1.807) is 72.8 Å². The number of phenolic OH excluding ortho intramolecular Hbond substituents is 1. The van der Waals surface area contributed by atoms with E-state index in [4.69, 9.17) is 0 Å². The minimum absolute atomic E-state index is 0.110. The Balaban J connectivity index is 1.49. The lowest BCUT2D eigenvalue weighted by atomic mass is 10.1. The van der Waals surface area contributed by atoms with Crippen LogP contribution in [0.3, 0.4) is 0 Å². The summed E-state index contributed by atoms with van der Waals surface area (Å²) in [7, 11) is -3.71. The van der Waals surface area contributed by atoms with Gasteiger partial charge in [0.15, 0.2) is 0 Å². The number of nitrogens with one attached hydrogen (secondary N) is 1. The quantitative estimate of drug-likeness (QED) is 0.349. The molecule has 0 amide bonds. The molecule has 8 nitrogen and oxygen atoms in total. The molecule has 0 aliphatic heterocycles. The van der Waals surface area contributed by atoms with E-state index >= 15 is 0 Å². The number of benzene rings is 3. The van der Waals surface area contributed by atoms with Crippen LogP contribution < -0.4 is 4.72 Å². The summed E-state index contributed by atoms with van der Waals surface area (Å²) in [5.74, 6) is -0.224. The number of nitrogens with zero attached hydrogens (tertiary/aromatic N) is 3. The lowest BCUT2D eigenvalue weighted by molar-refractivity contribution is 0.0947. The first-order chi connectivity index (χ1) is 17.4. The molecule has 5 aromatic rings. The molecule has 0 saturated carbocycles. The second-order valence-electron chi connectivity index (χ2n) is 7.91. The van der Waals surface area contributed by atoms with Gasteiger partial charge in [-0.3, -0.25) is 14.5 Å². The summed E-state index contributed by atoms with van der Waals surface area (Å²) < 4.78 is 29.1. The molecule has 9 heteroatoms. The Morgan fingerprint density at radius 1 is 0.806 bits per heavy atom. The Morgan fingerprint density at radius 3 is 2.11 bits per heavy atom. The summed E-state index contributed by atoms with van der Waals surface area (Å²) in [6.45, 7) is 0. The van der Waals surface area contributed by atoms with Crippen LogP contribution >= 0.6 is 0 Å². The van der Waals surface area contributed by atoms with Crippen molar-refractivity contribution in [2.45, 2.75) is 4.90 Å². The van der Waals surface area contributed by atoms with Gasteiger partial charge in [-0.05, 0) is 66.7 Å². The van der Waals surface area contributed by atoms with E-state index in [-0.39, 0.29) is 16.6 Å². The Bertz CT molecular complexity index is 1620. The third-order valence-corrected chi connectivity index (χ3v) is 6.88. The maximum Gasteiger partial charge on any atom is 0.278 e. The van der Waals surface area contributed by atoms with Crippen molar-refractivity contribution in [1.29, 1.82) is 0 Å². The topological polar surface area (TPSA) is 114 Å². The van der Waals surface area contributed by atoms with Crippen LogP contribution in [-0.4, -0.2) is 34.2 Å². The van der Waals surface area contributed by atoms with E-state index in [2.05, 4.69) is 14.8 Å². The lowest BCUT2D eigenvalue weighted by Crippen LogP contribution is -2.15. The van der Waals surface area contributed by atoms with Gasteiger partial charge in [-0.25, -0.2) is 8.42 Å². The first kappa shape index (κ1) is 23.0. The van der Waals surface area contributed by atoms with Gasteiger partial charge >= 0.3 is 0 Å². The van der Waals surface area contributed by atoms with Gasteiger partial charge in [0.05, 0.1) is 16.3 Å². The fourth-order valence-electron chi connectivity index (χ4n) is 3.65. The Labute approximate surface area is 207 Å². The van der Waals surface area contributed by atoms with Crippen LogP contribution in [0, 0.1) is 0 Å². The number of rotatable bonds is 6. The fourth-order valence-corrected chi connectivity index (χ4v) is 4.73. The number of carbonyl (C=O) groups excluding carboxylic acids is 1. The minimum Gasteiger partial charge on any atom is -0.508 e. The van der Waals surface area contributed by atoms with Gasteiger partial charge in [0.2, 0.25) is 0 Å². The number of hydrogen-bond donors (Lipinski definition) is 2. The first-order valence-corrected chi connectivity index (χ1v) is 12.4. The van der Waals surface area contributed by atoms with E-state index in [0.717, 1.165) is 0 Å². The molecule has 0 spiro atoms. The fraction of sp³-hybridized carbons (Fsp3) is 0. The average Bonchev–Trinajstić information content (AvgIpc) is 3.35. The first-order valence-electron chi connectivity index (χ1n) is 10.9. The summed E-state index contributed by atoms with van der Waals surface area (Å²) in [5.41, 5.74) is 3.28. The number of carbonyl (C=O) groups is 1. The van der Waals surface area contributed by atoms with Gasteiger partial charge < -0.3 is 5.11 Å². The number of anilines is 1. The number of phenols is 1. The van der Waals surface area contributed by atoms with Gasteiger partial charge in [0.1, 0.15) is 5.75 Å². The highest BCUT2D eigenvalue weighted by Gasteiger charge is 2.19. The maximum atomic E-state index is 13.2. The molecule has 0 saturated heterocycles. The van der Waals surface area contributed by atoms with Crippen LogP contribution in [-0.2, 0) is 10.0 Å².